The maximum Gasteiger partial charge on any atom is 0.0492 e. The van der Waals surface area contributed by atoms with E-state index in [-0.39, 0.29) is 0 Å². The van der Waals surface area contributed by atoms with Crippen molar-refractivity contribution in [2.45, 2.75) is 25.4 Å². The van der Waals surface area contributed by atoms with Crippen molar-refractivity contribution in [2.75, 3.05) is 19.6 Å². The van der Waals surface area contributed by atoms with Gasteiger partial charge in [0, 0.05) is 57.1 Å². The first-order valence-electron chi connectivity index (χ1n) is 7.73. The molecule has 1 saturated heterocycles. The van der Waals surface area contributed by atoms with Gasteiger partial charge in [-0.2, -0.15) is 5.10 Å². The zero-order valence-corrected chi connectivity index (χ0v) is 12.9. The number of nitrogens with one attached hydrogen (secondary N) is 1. The lowest BCUT2D eigenvalue weighted by Gasteiger charge is -2.39. The highest BCUT2D eigenvalue weighted by atomic mass is 15.3. The molecule has 1 aromatic heterocycles. The summed E-state index contributed by atoms with van der Waals surface area (Å²) in [6.07, 6.45) is 2.94. The molecular formula is C17H24N4. The SMILES string of the molecule is CC1CNC(c2ccccc2)CN1CCc1ccnn1C. The van der Waals surface area contributed by atoms with E-state index in [0.717, 1.165) is 26.1 Å². The molecule has 0 spiro atoms. The van der Waals surface area contributed by atoms with Gasteiger partial charge in [-0.05, 0) is 18.6 Å². The molecule has 2 unspecified atom stereocenters. The minimum atomic E-state index is 0.439. The fraction of sp³-hybridized carbons (Fsp3) is 0.471. The van der Waals surface area contributed by atoms with E-state index in [0.29, 0.717) is 12.1 Å². The van der Waals surface area contributed by atoms with Crippen molar-refractivity contribution in [3.63, 3.8) is 0 Å². The fourth-order valence-corrected chi connectivity index (χ4v) is 3.05. The molecule has 1 aliphatic heterocycles. The molecule has 0 amide bonds. The number of aromatic nitrogens is 2. The Labute approximate surface area is 126 Å². The largest absolute Gasteiger partial charge is 0.307 e. The highest BCUT2D eigenvalue weighted by Gasteiger charge is 2.25. The molecule has 0 radical (unpaired) electrons. The summed E-state index contributed by atoms with van der Waals surface area (Å²) in [6, 6.07) is 13.9. The minimum Gasteiger partial charge on any atom is -0.307 e. The van der Waals surface area contributed by atoms with Gasteiger partial charge in [-0.15, -0.1) is 0 Å². The first-order valence-corrected chi connectivity index (χ1v) is 7.73. The highest BCUT2D eigenvalue weighted by Crippen LogP contribution is 2.20. The molecule has 4 nitrogen and oxygen atoms in total. The van der Waals surface area contributed by atoms with E-state index in [4.69, 9.17) is 0 Å². The fourth-order valence-electron chi connectivity index (χ4n) is 3.05. The van der Waals surface area contributed by atoms with Crippen molar-refractivity contribution in [1.29, 1.82) is 0 Å². The second kappa shape index (κ2) is 6.41. The molecule has 0 saturated carbocycles. The molecule has 112 valence electrons. The molecular weight excluding hydrogens is 260 g/mol. The van der Waals surface area contributed by atoms with Crippen molar-refractivity contribution in [3.05, 3.63) is 53.9 Å². The molecule has 1 N–H and O–H groups in total. The Balaban J connectivity index is 1.62. The average molecular weight is 284 g/mol. The van der Waals surface area contributed by atoms with E-state index in [9.17, 15) is 0 Å². The molecule has 2 atom stereocenters. The Bertz CT molecular complexity index is 563. The quantitative estimate of drug-likeness (QED) is 0.932. The van der Waals surface area contributed by atoms with Crippen molar-refractivity contribution in [1.82, 2.24) is 20.0 Å². The van der Waals surface area contributed by atoms with E-state index in [2.05, 4.69) is 58.6 Å². The number of aryl methyl sites for hydroxylation is 1. The van der Waals surface area contributed by atoms with Crippen LogP contribution in [-0.2, 0) is 13.5 Å². The van der Waals surface area contributed by atoms with Crippen molar-refractivity contribution in [2.24, 2.45) is 7.05 Å². The summed E-state index contributed by atoms with van der Waals surface area (Å²) in [4.78, 5) is 2.58. The zero-order valence-electron chi connectivity index (χ0n) is 12.9. The zero-order chi connectivity index (χ0) is 14.7. The molecule has 2 aromatic rings. The minimum absolute atomic E-state index is 0.439. The third-order valence-electron chi connectivity index (χ3n) is 4.48. The Kier molecular flexibility index (Phi) is 4.36. The van der Waals surface area contributed by atoms with Crippen LogP contribution in [0.4, 0.5) is 0 Å². The van der Waals surface area contributed by atoms with Gasteiger partial charge in [0.2, 0.25) is 0 Å². The lowest BCUT2D eigenvalue weighted by molar-refractivity contribution is 0.142. The van der Waals surface area contributed by atoms with Gasteiger partial charge in [-0.25, -0.2) is 0 Å². The van der Waals surface area contributed by atoms with Crippen molar-refractivity contribution >= 4 is 0 Å². The molecule has 0 bridgehead atoms. The van der Waals surface area contributed by atoms with Crippen LogP contribution in [0.15, 0.2) is 42.6 Å². The number of hydrogen-bond acceptors (Lipinski definition) is 3. The second-order valence-electron chi connectivity index (χ2n) is 5.91. The van der Waals surface area contributed by atoms with Crippen LogP contribution in [-0.4, -0.2) is 40.4 Å². The van der Waals surface area contributed by atoms with Crippen LogP contribution in [0.2, 0.25) is 0 Å². The van der Waals surface area contributed by atoms with Gasteiger partial charge in [0.25, 0.3) is 0 Å². The number of piperazine rings is 1. The Morgan fingerprint density at radius 3 is 2.76 bits per heavy atom. The Hall–Kier alpha value is -1.65. The molecule has 1 fully saturated rings. The maximum absolute atomic E-state index is 4.25. The van der Waals surface area contributed by atoms with Crippen LogP contribution in [0, 0.1) is 0 Å². The van der Waals surface area contributed by atoms with Crippen molar-refractivity contribution in [3.8, 4) is 0 Å². The average Bonchev–Trinajstić information content (AvgIpc) is 2.93. The predicted molar refractivity (Wildman–Crippen MR) is 85.1 cm³/mol. The summed E-state index contributed by atoms with van der Waals surface area (Å²) in [5.41, 5.74) is 2.69. The van der Waals surface area contributed by atoms with Gasteiger partial charge in [-0.3, -0.25) is 9.58 Å². The van der Waals surface area contributed by atoms with E-state index in [1.54, 1.807) is 0 Å². The van der Waals surface area contributed by atoms with E-state index in [1.165, 1.54) is 11.3 Å². The van der Waals surface area contributed by atoms with Crippen molar-refractivity contribution < 1.29 is 0 Å². The Morgan fingerprint density at radius 1 is 1.24 bits per heavy atom. The summed E-state index contributed by atoms with van der Waals surface area (Å²) in [6.45, 7) is 5.51. The molecule has 0 aliphatic carbocycles. The number of benzene rings is 1. The molecule has 4 heteroatoms. The molecule has 1 aromatic carbocycles. The third-order valence-corrected chi connectivity index (χ3v) is 4.48. The van der Waals surface area contributed by atoms with Gasteiger partial charge in [-0.1, -0.05) is 30.3 Å². The van der Waals surface area contributed by atoms with E-state index in [1.807, 2.05) is 17.9 Å². The van der Waals surface area contributed by atoms with Gasteiger partial charge >= 0.3 is 0 Å². The van der Waals surface area contributed by atoms with Crippen LogP contribution >= 0.6 is 0 Å². The summed E-state index contributed by atoms with van der Waals surface area (Å²) < 4.78 is 1.97. The van der Waals surface area contributed by atoms with Gasteiger partial charge in [0.1, 0.15) is 0 Å². The van der Waals surface area contributed by atoms with Gasteiger partial charge in [0.15, 0.2) is 0 Å². The smallest absolute Gasteiger partial charge is 0.0492 e. The summed E-state index contributed by atoms with van der Waals surface area (Å²) in [5.74, 6) is 0. The summed E-state index contributed by atoms with van der Waals surface area (Å²) in [5, 5.41) is 7.91. The summed E-state index contributed by atoms with van der Waals surface area (Å²) in [7, 11) is 2.02. The second-order valence-corrected chi connectivity index (χ2v) is 5.91. The van der Waals surface area contributed by atoms with E-state index < -0.39 is 0 Å². The molecule has 1 aliphatic rings. The summed E-state index contributed by atoms with van der Waals surface area (Å²) >= 11 is 0. The first-order chi connectivity index (χ1) is 10.2. The molecule has 2 heterocycles. The van der Waals surface area contributed by atoms with Gasteiger partial charge in [0.05, 0.1) is 0 Å². The maximum atomic E-state index is 4.25. The van der Waals surface area contributed by atoms with Crippen LogP contribution in [0.25, 0.3) is 0 Å². The van der Waals surface area contributed by atoms with E-state index >= 15 is 0 Å². The number of rotatable bonds is 4. The third kappa shape index (κ3) is 3.34. The van der Waals surface area contributed by atoms with Crippen LogP contribution in [0.3, 0.4) is 0 Å². The lowest BCUT2D eigenvalue weighted by Crippen LogP contribution is -2.51. The number of hydrogen-bond donors (Lipinski definition) is 1. The lowest BCUT2D eigenvalue weighted by atomic mass is 10.0. The van der Waals surface area contributed by atoms with Crippen LogP contribution < -0.4 is 5.32 Å². The molecule has 21 heavy (non-hydrogen) atoms. The van der Waals surface area contributed by atoms with Gasteiger partial charge < -0.3 is 5.32 Å². The normalized spacial score (nSPS) is 23.3. The highest BCUT2D eigenvalue weighted by molar-refractivity contribution is 5.20. The molecule has 3 rings (SSSR count). The van der Waals surface area contributed by atoms with Crippen LogP contribution in [0.1, 0.15) is 24.2 Å². The topological polar surface area (TPSA) is 33.1 Å². The Morgan fingerprint density at radius 2 is 2.05 bits per heavy atom. The number of nitrogens with zero attached hydrogens (tertiary/aromatic N) is 3. The predicted octanol–water partition coefficient (Wildman–Crippen LogP) is 2.00. The monoisotopic (exact) mass is 284 g/mol. The standard InChI is InChI=1S/C17H24N4/c1-14-12-18-17(15-6-4-3-5-7-15)13-21(14)11-9-16-8-10-19-20(16)2/h3-8,10,14,17-18H,9,11-13H2,1-2H3. The van der Waals surface area contributed by atoms with Crippen LogP contribution in [0.5, 0.6) is 0 Å². The first kappa shape index (κ1) is 14.3.